The minimum absolute atomic E-state index is 0.0127. The minimum Gasteiger partial charge on any atom is -0.508 e. The molecule has 4 aromatic rings. The molecule has 12 heteroatoms. The second kappa shape index (κ2) is 10.8. The number of fused-ring (bicyclic) bond motifs is 3. The Bertz CT molecular complexity index is 1830. The fourth-order valence-electron chi connectivity index (χ4n) is 6.47. The standard InChI is InChI=1S/C31H28F3N5O4/c1-3-18-20(32)7-6-16-12-17(40)13-19(22(16)18)23-25(33)27-24(28(42-2)26(23)34)29(36-14-21(35)41)38-30(37-27)43-15-31-8-4-10-39(31)11-5-9-31/h1,6-7,12-13,40H,4-5,8-11,14-15H2,2H3,(H2,35,41)(H,36,37,38). The minimum atomic E-state index is -1.18. The predicted octanol–water partition coefficient (Wildman–Crippen LogP) is 4.47. The summed E-state index contributed by atoms with van der Waals surface area (Å²) in [6.07, 6.45) is 9.52. The van der Waals surface area contributed by atoms with Crippen LogP contribution in [-0.4, -0.2) is 64.8 Å². The number of phenolic OH excluding ortho intramolecular Hbond substituents is 1. The zero-order chi connectivity index (χ0) is 30.5. The molecule has 0 atom stereocenters. The van der Waals surface area contributed by atoms with E-state index in [4.69, 9.17) is 21.6 Å². The first kappa shape index (κ1) is 28.4. The van der Waals surface area contributed by atoms with Gasteiger partial charge in [-0.2, -0.15) is 9.97 Å². The molecule has 3 aromatic carbocycles. The maximum absolute atomic E-state index is 16.6. The van der Waals surface area contributed by atoms with E-state index in [9.17, 15) is 14.3 Å². The van der Waals surface area contributed by atoms with Gasteiger partial charge in [0.2, 0.25) is 5.91 Å². The van der Waals surface area contributed by atoms with Gasteiger partial charge in [0.05, 0.1) is 35.7 Å². The molecule has 2 fully saturated rings. The van der Waals surface area contributed by atoms with E-state index in [1.165, 1.54) is 19.2 Å². The Morgan fingerprint density at radius 2 is 1.91 bits per heavy atom. The van der Waals surface area contributed by atoms with E-state index < -0.39 is 46.7 Å². The lowest BCUT2D eigenvalue weighted by Gasteiger charge is -2.31. The molecule has 1 amide bonds. The van der Waals surface area contributed by atoms with Crippen molar-refractivity contribution in [3.05, 3.63) is 47.3 Å². The number of nitrogens with two attached hydrogens (primary N) is 1. The normalized spacial score (nSPS) is 15.9. The Kier molecular flexibility index (Phi) is 7.14. The van der Waals surface area contributed by atoms with Crippen LogP contribution in [0.4, 0.5) is 19.0 Å². The van der Waals surface area contributed by atoms with Gasteiger partial charge in [0, 0.05) is 10.9 Å². The number of nitrogens with zero attached hydrogens (tertiary/aromatic N) is 3. The van der Waals surface area contributed by atoms with Crippen LogP contribution in [0.1, 0.15) is 31.2 Å². The molecule has 43 heavy (non-hydrogen) atoms. The van der Waals surface area contributed by atoms with Crippen molar-refractivity contribution in [3.63, 3.8) is 0 Å². The van der Waals surface area contributed by atoms with Crippen LogP contribution in [0.5, 0.6) is 17.5 Å². The fourth-order valence-corrected chi connectivity index (χ4v) is 6.47. The van der Waals surface area contributed by atoms with Crippen molar-refractivity contribution in [2.75, 3.05) is 38.7 Å². The number of carbonyl (C=O) groups is 1. The van der Waals surface area contributed by atoms with Crippen LogP contribution in [0, 0.1) is 29.8 Å². The van der Waals surface area contributed by atoms with Gasteiger partial charge in [-0.25, -0.2) is 13.2 Å². The van der Waals surface area contributed by atoms with Crippen LogP contribution >= 0.6 is 0 Å². The van der Waals surface area contributed by atoms with Crippen LogP contribution in [-0.2, 0) is 4.79 Å². The van der Waals surface area contributed by atoms with Crippen LogP contribution in [0.25, 0.3) is 32.8 Å². The number of rotatable bonds is 8. The maximum atomic E-state index is 16.6. The topological polar surface area (TPSA) is 123 Å². The zero-order valence-electron chi connectivity index (χ0n) is 23.3. The van der Waals surface area contributed by atoms with E-state index in [-0.39, 0.29) is 57.0 Å². The first-order valence-corrected chi connectivity index (χ1v) is 13.8. The average molecular weight is 592 g/mol. The summed E-state index contributed by atoms with van der Waals surface area (Å²) in [6.45, 7) is 1.77. The molecule has 3 heterocycles. The van der Waals surface area contributed by atoms with Gasteiger partial charge in [0.25, 0.3) is 0 Å². The van der Waals surface area contributed by atoms with Gasteiger partial charge in [-0.05, 0) is 62.4 Å². The zero-order valence-corrected chi connectivity index (χ0v) is 23.3. The first-order valence-electron chi connectivity index (χ1n) is 13.8. The number of carbonyl (C=O) groups excluding carboxylic acids is 1. The highest BCUT2D eigenvalue weighted by molar-refractivity contribution is 6.06. The van der Waals surface area contributed by atoms with E-state index >= 15 is 8.78 Å². The summed E-state index contributed by atoms with van der Waals surface area (Å²) >= 11 is 0. The molecule has 222 valence electrons. The Labute approximate surface area is 244 Å². The molecule has 0 bridgehead atoms. The lowest BCUT2D eigenvalue weighted by molar-refractivity contribution is -0.116. The molecule has 1 aromatic heterocycles. The Morgan fingerprint density at radius 3 is 2.58 bits per heavy atom. The predicted molar refractivity (Wildman–Crippen MR) is 154 cm³/mol. The molecular formula is C31H28F3N5O4. The molecule has 0 unspecified atom stereocenters. The van der Waals surface area contributed by atoms with Crippen molar-refractivity contribution in [1.82, 2.24) is 14.9 Å². The van der Waals surface area contributed by atoms with E-state index in [0.717, 1.165) is 50.9 Å². The number of terminal acetylenes is 1. The molecule has 9 nitrogen and oxygen atoms in total. The highest BCUT2D eigenvalue weighted by atomic mass is 19.1. The summed E-state index contributed by atoms with van der Waals surface area (Å²) in [6, 6.07) is 4.65. The Hall–Kier alpha value is -4.76. The summed E-state index contributed by atoms with van der Waals surface area (Å²) in [5.74, 6) is -2.55. The van der Waals surface area contributed by atoms with Crippen molar-refractivity contribution >= 4 is 33.4 Å². The van der Waals surface area contributed by atoms with Gasteiger partial charge in [0.1, 0.15) is 29.5 Å². The van der Waals surface area contributed by atoms with E-state index in [1.54, 1.807) is 0 Å². The van der Waals surface area contributed by atoms with Gasteiger partial charge in [0.15, 0.2) is 17.4 Å². The SMILES string of the molecule is C#Cc1c(F)ccc2cc(O)cc(-c3c(F)c(OC)c4c(NCC(N)=O)nc(OCC56CCCN5CCC6)nc4c3F)c12. The number of hydrogen-bond acceptors (Lipinski definition) is 8. The molecular weight excluding hydrogens is 563 g/mol. The molecule has 6 rings (SSSR count). The summed E-state index contributed by atoms with van der Waals surface area (Å²) in [5.41, 5.74) is 3.64. The molecule has 4 N–H and O–H groups in total. The summed E-state index contributed by atoms with van der Waals surface area (Å²) in [5, 5.41) is 13.2. The molecule has 0 radical (unpaired) electrons. The van der Waals surface area contributed by atoms with Crippen molar-refractivity contribution in [3.8, 4) is 41.0 Å². The molecule has 2 aliphatic rings. The molecule has 2 saturated heterocycles. The van der Waals surface area contributed by atoms with Gasteiger partial charge in [-0.1, -0.05) is 12.0 Å². The summed E-state index contributed by atoms with van der Waals surface area (Å²) < 4.78 is 59.2. The number of hydrogen-bond donors (Lipinski definition) is 3. The maximum Gasteiger partial charge on any atom is 0.319 e. The highest BCUT2D eigenvalue weighted by Crippen LogP contribution is 2.46. The quantitative estimate of drug-likeness (QED) is 0.257. The fraction of sp³-hybridized carbons (Fsp3) is 0.323. The Balaban J connectivity index is 1.59. The number of benzene rings is 3. The first-order chi connectivity index (χ1) is 20.7. The molecule has 0 spiro atoms. The van der Waals surface area contributed by atoms with Crippen molar-refractivity contribution < 1.29 is 32.5 Å². The largest absolute Gasteiger partial charge is 0.508 e. The smallest absolute Gasteiger partial charge is 0.319 e. The second-order valence-corrected chi connectivity index (χ2v) is 10.8. The number of halogens is 3. The summed E-state index contributed by atoms with van der Waals surface area (Å²) in [4.78, 5) is 22.7. The number of ether oxygens (including phenoxy) is 2. The van der Waals surface area contributed by atoms with Crippen molar-refractivity contribution in [1.29, 1.82) is 0 Å². The number of primary amides is 1. The number of amides is 1. The van der Waals surface area contributed by atoms with Gasteiger partial charge < -0.3 is 25.6 Å². The van der Waals surface area contributed by atoms with E-state index in [2.05, 4.69) is 26.1 Å². The van der Waals surface area contributed by atoms with Gasteiger partial charge in [-0.15, -0.1) is 6.42 Å². The van der Waals surface area contributed by atoms with Crippen molar-refractivity contribution in [2.45, 2.75) is 31.2 Å². The molecule has 2 aliphatic heterocycles. The Morgan fingerprint density at radius 1 is 1.16 bits per heavy atom. The second-order valence-electron chi connectivity index (χ2n) is 10.8. The number of aromatic nitrogens is 2. The van der Waals surface area contributed by atoms with E-state index in [0.29, 0.717) is 0 Å². The number of nitrogens with one attached hydrogen (secondary N) is 1. The third-order valence-electron chi connectivity index (χ3n) is 8.34. The van der Waals surface area contributed by atoms with Gasteiger partial charge in [-0.3, -0.25) is 9.69 Å². The van der Waals surface area contributed by atoms with Crippen LogP contribution in [0.15, 0.2) is 24.3 Å². The van der Waals surface area contributed by atoms with E-state index in [1.807, 2.05) is 0 Å². The highest BCUT2D eigenvalue weighted by Gasteiger charge is 2.45. The summed E-state index contributed by atoms with van der Waals surface area (Å²) in [7, 11) is 1.17. The van der Waals surface area contributed by atoms with Gasteiger partial charge >= 0.3 is 6.01 Å². The molecule has 0 aliphatic carbocycles. The third-order valence-corrected chi connectivity index (χ3v) is 8.34. The average Bonchev–Trinajstić information content (AvgIpc) is 3.56. The lowest BCUT2D eigenvalue weighted by atomic mass is 9.92. The lowest BCUT2D eigenvalue weighted by Crippen LogP contribution is -2.43. The van der Waals surface area contributed by atoms with Crippen LogP contribution in [0.2, 0.25) is 0 Å². The number of anilines is 1. The van der Waals surface area contributed by atoms with Crippen LogP contribution < -0.4 is 20.5 Å². The molecule has 0 saturated carbocycles. The number of aromatic hydroxyl groups is 1. The number of phenols is 1. The monoisotopic (exact) mass is 591 g/mol. The number of methoxy groups -OCH3 is 1. The van der Waals surface area contributed by atoms with Crippen molar-refractivity contribution in [2.24, 2.45) is 5.73 Å². The van der Waals surface area contributed by atoms with Crippen LogP contribution in [0.3, 0.4) is 0 Å². The third kappa shape index (κ3) is 4.70.